The fourth-order valence-electron chi connectivity index (χ4n) is 6.16. The van der Waals surface area contributed by atoms with Gasteiger partial charge < -0.3 is 19.7 Å². The molecule has 11 heteroatoms. The molecule has 4 aliphatic rings. The summed E-state index contributed by atoms with van der Waals surface area (Å²) in [5, 5.41) is 12.4. The zero-order chi connectivity index (χ0) is 25.6. The number of sulfonamides is 1. The van der Waals surface area contributed by atoms with Crippen molar-refractivity contribution >= 4 is 29.0 Å². The number of hydrogen-bond donors (Lipinski definition) is 3. The minimum Gasteiger partial charge on any atom is -0.478 e. The molecule has 0 spiro atoms. The smallest absolute Gasteiger partial charge is 0.478 e. The van der Waals surface area contributed by atoms with Crippen molar-refractivity contribution in [3.05, 3.63) is 35.4 Å². The third-order valence-corrected chi connectivity index (χ3v) is 8.95. The van der Waals surface area contributed by atoms with Gasteiger partial charge in [0.15, 0.2) is 0 Å². The SMILES string of the molecule is CC1(C)C2CC3OB(C(Cc4cccc(C(=O)O)c4)NC(=O)CCCNS(C)(=O)=O)OC3(C)C1C2. The normalized spacial score (nSPS) is 29.7. The summed E-state index contributed by atoms with van der Waals surface area (Å²) < 4.78 is 37.9. The van der Waals surface area contributed by atoms with Crippen LogP contribution in [0.25, 0.3) is 0 Å². The molecule has 5 rings (SSSR count). The molecule has 1 aliphatic heterocycles. The first-order valence-corrected chi connectivity index (χ1v) is 14.1. The number of benzene rings is 1. The van der Waals surface area contributed by atoms with Crippen LogP contribution in [-0.4, -0.2) is 63.0 Å². The minimum atomic E-state index is -3.31. The van der Waals surface area contributed by atoms with Crippen molar-refractivity contribution in [1.29, 1.82) is 0 Å². The summed E-state index contributed by atoms with van der Waals surface area (Å²) in [5.74, 6) is -0.804. The molecule has 0 radical (unpaired) electrons. The van der Waals surface area contributed by atoms with E-state index < -0.39 is 34.7 Å². The van der Waals surface area contributed by atoms with E-state index in [9.17, 15) is 23.1 Å². The summed E-state index contributed by atoms with van der Waals surface area (Å²) in [5.41, 5.74) is 0.681. The number of carboxylic acid groups (broad SMARTS) is 1. The van der Waals surface area contributed by atoms with Gasteiger partial charge in [-0.2, -0.15) is 0 Å². The first kappa shape index (κ1) is 26.1. The van der Waals surface area contributed by atoms with Crippen LogP contribution in [0.15, 0.2) is 24.3 Å². The Balaban J connectivity index is 1.48. The summed E-state index contributed by atoms with van der Waals surface area (Å²) in [4.78, 5) is 24.2. The van der Waals surface area contributed by atoms with E-state index in [0.29, 0.717) is 24.7 Å². The molecule has 2 bridgehead atoms. The number of carbonyl (C=O) groups is 2. The maximum atomic E-state index is 12.8. The molecule has 35 heavy (non-hydrogen) atoms. The predicted molar refractivity (Wildman–Crippen MR) is 131 cm³/mol. The van der Waals surface area contributed by atoms with Gasteiger partial charge in [-0.3, -0.25) is 4.79 Å². The van der Waals surface area contributed by atoms with Gasteiger partial charge in [-0.1, -0.05) is 26.0 Å². The minimum absolute atomic E-state index is 0.0482. The molecule has 5 atom stereocenters. The van der Waals surface area contributed by atoms with Gasteiger partial charge in [0.05, 0.1) is 29.5 Å². The fraction of sp³-hybridized carbons (Fsp3) is 0.667. The molecule has 5 unspecified atom stereocenters. The Labute approximate surface area is 207 Å². The highest BCUT2D eigenvalue weighted by molar-refractivity contribution is 7.88. The maximum Gasteiger partial charge on any atom is 0.482 e. The van der Waals surface area contributed by atoms with E-state index in [4.69, 9.17) is 9.31 Å². The predicted octanol–water partition coefficient (Wildman–Crippen LogP) is 2.01. The number of aromatic carboxylic acids is 1. The van der Waals surface area contributed by atoms with E-state index >= 15 is 0 Å². The van der Waals surface area contributed by atoms with Gasteiger partial charge in [0, 0.05) is 13.0 Å². The molecule has 9 nitrogen and oxygen atoms in total. The third-order valence-electron chi connectivity index (χ3n) is 8.22. The van der Waals surface area contributed by atoms with Crippen molar-refractivity contribution in [2.24, 2.45) is 17.3 Å². The lowest BCUT2D eigenvalue weighted by Crippen LogP contribution is -2.65. The Morgan fingerprint density at radius 3 is 2.66 bits per heavy atom. The molecule has 1 aromatic carbocycles. The molecular weight excluding hydrogens is 471 g/mol. The largest absolute Gasteiger partial charge is 0.482 e. The Morgan fingerprint density at radius 1 is 1.26 bits per heavy atom. The highest BCUT2D eigenvalue weighted by Crippen LogP contribution is 2.65. The topological polar surface area (TPSA) is 131 Å². The highest BCUT2D eigenvalue weighted by Gasteiger charge is 2.68. The van der Waals surface area contributed by atoms with Gasteiger partial charge in [0.2, 0.25) is 15.9 Å². The second-order valence-corrected chi connectivity index (χ2v) is 12.8. The summed E-state index contributed by atoms with van der Waals surface area (Å²) >= 11 is 0. The fourth-order valence-corrected chi connectivity index (χ4v) is 6.67. The summed E-state index contributed by atoms with van der Waals surface area (Å²) in [6, 6.07) is 6.64. The van der Waals surface area contributed by atoms with Gasteiger partial charge in [-0.25, -0.2) is 17.9 Å². The molecular formula is C24H35BN2O7S. The number of carbonyl (C=O) groups excluding carboxylic acids is 1. The Bertz CT molecular complexity index is 1100. The molecule has 3 N–H and O–H groups in total. The lowest BCUT2D eigenvalue weighted by Gasteiger charge is -2.64. The van der Waals surface area contributed by atoms with Gasteiger partial charge in [0.25, 0.3) is 0 Å². The molecule has 3 aliphatic carbocycles. The van der Waals surface area contributed by atoms with E-state index in [0.717, 1.165) is 24.7 Å². The lowest BCUT2D eigenvalue weighted by molar-refractivity contribution is -0.199. The van der Waals surface area contributed by atoms with Gasteiger partial charge in [0.1, 0.15) is 0 Å². The first-order valence-electron chi connectivity index (χ1n) is 12.2. The molecule has 192 valence electrons. The number of carboxylic acids is 1. The van der Waals surface area contributed by atoms with E-state index in [1.165, 1.54) is 6.07 Å². The van der Waals surface area contributed by atoms with Crippen molar-refractivity contribution in [3.8, 4) is 0 Å². The average molecular weight is 506 g/mol. The Hall–Kier alpha value is -1.95. The van der Waals surface area contributed by atoms with Crippen LogP contribution in [0.4, 0.5) is 0 Å². The quantitative estimate of drug-likeness (QED) is 0.327. The van der Waals surface area contributed by atoms with Crippen LogP contribution < -0.4 is 10.0 Å². The molecule has 1 heterocycles. The van der Waals surface area contributed by atoms with Crippen molar-refractivity contribution < 1.29 is 32.4 Å². The number of amides is 1. The van der Waals surface area contributed by atoms with E-state index in [1.54, 1.807) is 12.1 Å². The second kappa shape index (κ2) is 9.50. The van der Waals surface area contributed by atoms with Crippen LogP contribution in [-0.2, 0) is 30.5 Å². The van der Waals surface area contributed by atoms with Gasteiger partial charge >= 0.3 is 13.1 Å². The molecule has 1 saturated heterocycles. The Morgan fingerprint density at radius 2 is 2.00 bits per heavy atom. The molecule has 1 amide bonds. The average Bonchev–Trinajstić information content (AvgIpc) is 3.13. The lowest BCUT2D eigenvalue weighted by atomic mass is 9.43. The Kier molecular flexibility index (Phi) is 7.09. The third kappa shape index (κ3) is 5.43. The van der Waals surface area contributed by atoms with E-state index in [2.05, 4.69) is 30.8 Å². The maximum absolute atomic E-state index is 12.8. The van der Waals surface area contributed by atoms with Crippen LogP contribution in [0.5, 0.6) is 0 Å². The standard InChI is InChI=1S/C24H35BN2O7S/c1-23(2)17-13-18(23)24(3)19(14-17)33-25(34-24)20(12-15-7-5-8-16(11-15)22(29)30)27-21(28)9-6-10-26-35(4,31)32/h5,7-8,11,17-20,26H,6,9-10,12-14H2,1-4H3,(H,27,28)(H,29,30). The van der Waals surface area contributed by atoms with E-state index in [-0.39, 0.29) is 36.0 Å². The number of nitrogens with one attached hydrogen (secondary N) is 2. The monoisotopic (exact) mass is 506 g/mol. The van der Waals surface area contributed by atoms with Gasteiger partial charge in [-0.05, 0) is 67.6 Å². The molecule has 1 aromatic rings. The molecule has 0 aromatic heterocycles. The zero-order valence-corrected chi connectivity index (χ0v) is 21.6. The van der Waals surface area contributed by atoms with E-state index in [1.807, 2.05) is 6.07 Å². The summed E-state index contributed by atoms with van der Waals surface area (Å²) in [7, 11) is -3.97. The van der Waals surface area contributed by atoms with Crippen LogP contribution in [0, 0.1) is 17.3 Å². The summed E-state index contributed by atoms with van der Waals surface area (Å²) in [6.45, 7) is 6.85. The second-order valence-electron chi connectivity index (χ2n) is 11.0. The van der Waals surface area contributed by atoms with Crippen LogP contribution in [0.2, 0.25) is 0 Å². The highest BCUT2D eigenvalue weighted by atomic mass is 32.2. The van der Waals surface area contributed by atoms with Gasteiger partial charge in [-0.15, -0.1) is 0 Å². The molecule has 3 saturated carbocycles. The van der Waals surface area contributed by atoms with Crippen LogP contribution >= 0.6 is 0 Å². The van der Waals surface area contributed by atoms with Crippen molar-refractivity contribution in [2.75, 3.05) is 12.8 Å². The molecule has 4 fully saturated rings. The van der Waals surface area contributed by atoms with Crippen molar-refractivity contribution in [1.82, 2.24) is 10.0 Å². The summed E-state index contributed by atoms with van der Waals surface area (Å²) in [6.07, 6.45) is 3.90. The van der Waals surface area contributed by atoms with Crippen LogP contribution in [0.1, 0.15) is 62.4 Å². The zero-order valence-electron chi connectivity index (χ0n) is 20.7. The first-order chi connectivity index (χ1) is 16.3. The van der Waals surface area contributed by atoms with Crippen molar-refractivity contribution in [3.63, 3.8) is 0 Å². The van der Waals surface area contributed by atoms with Crippen LogP contribution in [0.3, 0.4) is 0 Å². The number of rotatable bonds is 10. The number of hydrogen-bond acceptors (Lipinski definition) is 6. The van der Waals surface area contributed by atoms with Crippen molar-refractivity contribution in [2.45, 2.75) is 70.5 Å².